The summed E-state index contributed by atoms with van der Waals surface area (Å²) in [6.45, 7) is 3.07. The van der Waals surface area contributed by atoms with Gasteiger partial charge in [-0.15, -0.1) is 0 Å². The Morgan fingerprint density at radius 2 is 1.93 bits per heavy atom. The first-order chi connectivity index (χ1) is 12.9. The Kier molecular flexibility index (Phi) is 6.39. The van der Waals surface area contributed by atoms with E-state index in [-0.39, 0.29) is 0 Å². The number of nitrogens with one attached hydrogen (secondary N) is 1. The summed E-state index contributed by atoms with van der Waals surface area (Å²) in [5.74, 6) is -3.65. The third-order valence-corrected chi connectivity index (χ3v) is 4.33. The lowest BCUT2D eigenvalue weighted by molar-refractivity contribution is -0.159. The number of carboxylic acid groups (broad SMARTS) is 2. The van der Waals surface area contributed by atoms with Crippen molar-refractivity contribution in [3.63, 3.8) is 0 Å². The van der Waals surface area contributed by atoms with Crippen LogP contribution in [0.4, 0.5) is 0 Å². The van der Waals surface area contributed by atoms with Crippen molar-refractivity contribution in [2.45, 2.75) is 26.3 Å². The van der Waals surface area contributed by atoms with Gasteiger partial charge in [-0.25, -0.2) is 9.59 Å². The number of nitriles is 1. The van der Waals surface area contributed by atoms with Gasteiger partial charge in [0.2, 0.25) is 0 Å². The largest absolute Gasteiger partial charge is 0.473 e. The van der Waals surface area contributed by atoms with E-state index in [1.165, 1.54) is 22.4 Å². The van der Waals surface area contributed by atoms with E-state index in [4.69, 9.17) is 19.8 Å². The lowest BCUT2D eigenvalue weighted by Gasteiger charge is -2.15. The fraction of sp³-hybridized carbons (Fsp3) is 0.250. The molecule has 0 bridgehead atoms. The average Bonchev–Trinajstić information content (AvgIpc) is 3.01. The minimum atomic E-state index is -1.82. The highest BCUT2D eigenvalue weighted by atomic mass is 16.4. The zero-order chi connectivity index (χ0) is 20.0. The maximum Gasteiger partial charge on any atom is 0.414 e. The number of hydrogen-bond donors (Lipinski definition) is 3. The molecule has 27 heavy (non-hydrogen) atoms. The highest BCUT2D eigenvalue weighted by Gasteiger charge is 2.21. The summed E-state index contributed by atoms with van der Waals surface area (Å²) in [6.07, 6.45) is 3.89. The van der Waals surface area contributed by atoms with E-state index in [0.29, 0.717) is 0 Å². The molecule has 1 aromatic heterocycles. The summed E-state index contributed by atoms with van der Waals surface area (Å²) < 4.78 is 2.21. The molecule has 0 aliphatic carbocycles. The molecule has 0 unspecified atom stereocenters. The lowest BCUT2D eigenvalue weighted by atomic mass is 9.94. The molecule has 140 valence electrons. The third kappa shape index (κ3) is 4.36. The Hall–Kier alpha value is -3.53. The normalized spacial score (nSPS) is 13.7. The number of carbonyl (C=O) groups is 2. The molecule has 0 amide bonds. The quantitative estimate of drug-likeness (QED) is 0.702. The topological polar surface area (TPSA) is 115 Å². The SMILES string of the molecule is CC/C(NC)=C1/c2ccccc2CCn2cc(C#N)cc21.O=C(O)C(=O)O. The molecule has 1 aliphatic rings. The molecule has 7 heteroatoms. The summed E-state index contributed by atoms with van der Waals surface area (Å²) in [6, 6.07) is 12.8. The molecule has 1 aliphatic heterocycles. The highest BCUT2D eigenvalue weighted by molar-refractivity contribution is 6.27. The minimum absolute atomic E-state index is 0.730. The van der Waals surface area contributed by atoms with Crippen LogP contribution in [0.3, 0.4) is 0 Å². The van der Waals surface area contributed by atoms with Crippen LogP contribution in [0.2, 0.25) is 0 Å². The first kappa shape index (κ1) is 19.8. The molecule has 7 nitrogen and oxygen atoms in total. The Morgan fingerprint density at radius 3 is 2.48 bits per heavy atom. The van der Waals surface area contributed by atoms with E-state index in [1.54, 1.807) is 0 Å². The summed E-state index contributed by atoms with van der Waals surface area (Å²) in [7, 11) is 1.97. The molecule has 3 rings (SSSR count). The number of benzene rings is 1. The van der Waals surface area contributed by atoms with Crippen LogP contribution in [0.15, 0.2) is 42.2 Å². The Bertz CT molecular complexity index is 917. The van der Waals surface area contributed by atoms with Crippen molar-refractivity contribution >= 4 is 17.5 Å². The van der Waals surface area contributed by atoms with Crippen molar-refractivity contribution in [2.24, 2.45) is 0 Å². The highest BCUT2D eigenvalue weighted by Crippen LogP contribution is 2.34. The van der Waals surface area contributed by atoms with E-state index >= 15 is 0 Å². The Morgan fingerprint density at radius 1 is 1.26 bits per heavy atom. The second-order valence-corrected chi connectivity index (χ2v) is 5.89. The van der Waals surface area contributed by atoms with Crippen LogP contribution in [0.1, 0.15) is 35.7 Å². The van der Waals surface area contributed by atoms with Crippen molar-refractivity contribution in [1.82, 2.24) is 9.88 Å². The molecule has 0 radical (unpaired) electrons. The first-order valence-electron chi connectivity index (χ1n) is 8.48. The fourth-order valence-electron chi connectivity index (χ4n) is 3.12. The summed E-state index contributed by atoms with van der Waals surface area (Å²) in [4.78, 5) is 18.2. The van der Waals surface area contributed by atoms with Crippen LogP contribution in [0.5, 0.6) is 0 Å². The van der Waals surface area contributed by atoms with Gasteiger partial charge in [-0.2, -0.15) is 5.26 Å². The number of hydrogen-bond acceptors (Lipinski definition) is 4. The lowest BCUT2D eigenvalue weighted by Crippen LogP contribution is -2.10. The zero-order valence-corrected chi connectivity index (χ0v) is 15.2. The number of aryl methyl sites for hydroxylation is 2. The van der Waals surface area contributed by atoms with Crippen LogP contribution in [0.25, 0.3) is 5.57 Å². The van der Waals surface area contributed by atoms with E-state index in [2.05, 4.69) is 47.1 Å². The first-order valence-corrected chi connectivity index (χ1v) is 8.48. The third-order valence-electron chi connectivity index (χ3n) is 4.33. The molecule has 0 saturated heterocycles. The van der Waals surface area contributed by atoms with Crippen LogP contribution < -0.4 is 5.32 Å². The van der Waals surface area contributed by atoms with Crippen molar-refractivity contribution in [3.8, 4) is 6.07 Å². The molecule has 2 aromatic rings. The van der Waals surface area contributed by atoms with Crippen LogP contribution in [-0.2, 0) is 22.6 Å². The molecule has 3 N–H and O–H groups in total. The average molecular weight is 367 g/mol. The van der Waals surface area contributed by atoms with Gasteiger partial charge < -0.3 is 20.1 Å². The molecule has 0 spiro atoms. The van der Waals surface area contributed by atoms with Gasteiger partial charge >= 0.3 is 11.9 Å². The second-order valence-electron chi connectivity index (χ2n) is 5.89. The Balaban J connectivity index is 0.000000380. The van der Waals surface area contributed by atoms with Gasteiger partial charge in [-0.1, -0.05) is 31.2 Å². The van der Waals surface area contributed by atoms with Gasteiger partial charge in [-0.05, 0) is 30.0 Å². The molecular weight excluding hydrogens is 346 g/mol. The minimum Gasteiger partial charge on any atom is -0.473 e. The van der Waals surface area contributed by atoms with Crippen LogP contribution in [-0.4, -0.2) is 33.8 Å². The maximum absolute atomic E-state index is 9.20. The van der Waals surface area contributed by atoms with Gasteiger partial charge in [0, 0.05) is 31.1 Å². The molecule has 0 saturated carbocycles. The van der Waals surface area contributed by atoms with Crippen LogP contribution >= 0.6 is 0 Å². The number of fused-ring (bicyclic) bond motifs is 2. The summed E-state index contributed by atoms with van der Waals surface area (Å²) in [5, 5.41) is 27.3. The van der Waals surface area contributed by atoms with E-state index in [1.807, 2.05) is 19.3 Å². The van der Waals surface area contributed by atoms with Crippen LogP contribution in [0, 0.1) is 11.3 Å². The molecule has 0 atom stereocenters. The summed E-state index contributed by atoms with van der Waals surface area (Å²) in [5.41, 5.74) is 6.97. The Labute approximate surface area is 157 Å². The van der Waals surface area contributed by atoms with Gasteiger partial charge in [0.1, 0.15) is 6.07 Å². The molecule has 0 fully saturated rings. The molecule has 2 heterocycles. The van der Waals surface area contributed by atoms with E-state index in [9.17, 15) is 5.26 Å². The number of rotatable bonds is 2. The monoisotopic (exact) mass is 367 g/mol. The number of aromatic nitrogens is 1. The van der Waals surface area contributed by atoms with Crippen molar-refractivity contribution in [1.29, 1.82) is 5.26 Å². The van der Waals surface area contributed by atoms with E-state index in [0.717, 1.165) is 30.6 Å². The summed E-state index contributed by atoms with van der Waals surface area (Å²) >= 11 is 0. The second kappa shape index (κ2) is 8.72. The smallest absolute Gasteiger partial charge is 0.414 e. The predicted molar refractivity (Wildman–Crippen MR) is 99.9 cm³/mol. The zero-order valence-electron chi connectivity index (χ0n) is 15.2. The molecule has 1 aromatic carbocycles. The molecular formula is C20H21N3O4. The van der Waals surface area contributed by atoms with Gasteiger partial charge in [0.25, 0.3) is 0 Å². The van der Waals surface area contributed by atoms with Crippen molar-refractivity contribution < 1.29 is 19.8 Å². The van der Waals surface area contributed by atoms with Gasteiger partial charge in [0.05, 0.1) is 11.3 Å². The van der Waals surface area contributed by atoms with Gasteiger partial charge in [0.15, 0.2) is 0 Å². The van der Waals surface area contributed by atoms with Gasteiger partial charge in [-0.3, -0.25) is 0 Å². The van der Waals surface area contributed by atoms with Crippen molar-refractivity contribution in [3.05, 3.63) is 64.6 Å². The number of aliphatic carboxylic acids is 2. The van der Waals surface area contributed by atoms with E-state index < -0.39 is 11.9 Å². The number of carboxylic acids is 2. The fourth-order valence-corrected chi connectivity index (χ4v) is 3.12. The standard InChI is InChI=1S/C18H19N3.C2H2O4/c1-3-16(20-2)18-15-7-5-4-6-14(15)8-9-21-12-13(11-19)10-17(18)21;3-1(4)2(5)6/h4-7,10,12,20H,3,8-9H2,1-2H3;(H,3,4)(H,5,6)/b18-16+;. The maximum atomic E-state index is 9.20. The number of allylic oxidation sites excluding steroid dienone is 1. The predicted octanol–water partition coefficient (Wildman–Crippen LogP) is 2.46. The van der Waals surface area contributed by atoms with Crippen molar-refractivity contribution in [2.75, 3.05) is 7.05 Å². The number of nitrogens with zero attached hydrogens (tertiary/aromatic N) is 2.